The van der Waals surface area contributed by atoms with E-state index < -0.39 is 0 Å². The van der Waals surface area contributed by atoms with Gasteiger partial charge in [0, 0.05) is 56.8 Å². The number of pyridine rings is 1. The molecule has 1 saturated heterocycles. The maximum absolute atomic E-state index is 12.0. The highest BCUT2D eigenvalue weighted by molar-refractivity contribution is 5.75. The molecule has 3 rings (SSSR count). The maximum Gasteiger partial charge on any atom is 0.222 e. The van der Waals surface area contributed by atoms with Crippen LogP contribution in [0.4, 0.5) is 0 Å². The predicted molar refractivity (Wildman–Crippen MR) is 94.0 cm³/mol. The summed E-state index contributed by atoms with van der Waals surface area (Å²) in [5.41, 5.74) is 0.895. The molecule has 1 fully saturated rings. The lowest BCUT2D eigenvalue weighted by Gasteiger charge is -2.17. The summed E-state index contributed by atoms with van der Waals surface area (Å²) in [6, 6.07) is 5.85. The van der Waals surface area contributed by atoms with Crippen LogP contribution in [0.25, 0.3) is 0 Å². The van der Waals surface area contributed by atoms with Crippen LogP contribution in [0, 0.1) is 11.3 Å². The predicted octanol–water partition coefficient (Wildman–Crippen LogP) is 0.961. The fourth-order valence-corrected chi connectivity index (χ4v) is 2.91. The first-order chi connectivity index (χ1) is 12.7. The molecule has 8 heteroatoms. The van der Waals surface area contributed by atoms with Crippen LogP contribution in [0.15, 0.2) is 36.9 Å². The van der Waals surface area contributed by atoms with Crippen molar-refractivity contribution in [2.45, 2.75) is 32.0 Å². The van der Waals surface area contributed by atoms with Gasteiger partial charge < -0.3 is 10.1 Å². The van der Waals surface area contributed by atoms with Gasteiger partial charge >= 0.3 is 0 Å². The summed E-state index contributed by atoms with van der Waals surface area (Å²) in [4.78, 5) is 18.2. The van der Waals surface area contributed by atoms with Crippen LogP contribution in [-0.4, -0.2) is 51.3 Å². The average Bonchev–Trinajstić information content (AvgIpc) is 3.32. The highest BCUT2D eigenvalue weighted by atomic mass is 16.5. The van der Waals surface area contributed by atoms with Crippen molar-refractivity contribution in [3.05, 3.63) is 42.5 Å². The molecule has 0 radical (unpaired) electrons. The zero-order valence-electron chi connectivity index (χ0n) is 14.5. The highest BCUT2D eigenvalue weighted by Gasteiger charge is 2.24. The summed E-state index contributed by atoms with van der Waals surface area (Å²) < 4.78 is 7.79. The Morgan fingerprint density at radius 2 is 2.38 bits per heavy atom. The van der Waals surface area contributed by atoms with Gasteiger partial charge in [-0.2, -0.15) is 10.4 Å². The molecule has 3 heterocycles. The lowest BCUT2D eigenvalue weighted by Crippen LogP contribution is -2.26. The maximum atomic E-state index is 12.0. The number of nitrogens with one attached hydrogen (secondary N) is 1. The molecule has 0 bridgehead atoms. The standard InChI is InChI=1S/C18H22N6O2/c19-5-11-23-9-3-16(14-23)26-17-13-20-7-2-15(17)12-21-18(25)4-10-24-8-1-6-22-24/h1-2,6-8,13,16H,3-4,9-12,14H2,(H,21,25)/t16-/m0/s1. The van der Waals surface area contributed by atoms with Gasteiger partial charge in [-0.05, 0) is 18.6 Å². The first-order valence-electron chi connectivity index (χ1n) is 8.67. The molecule has 1 N–H and O–H groups in total. The van der Waals surface area contributed by atoms with E-state index in [0.717, 1.165) is 25.1 Å². The lowest BCUT2D eigenvalue weighted by atomic mass is 10.2. The van der Waals surface area contributed by atoms with Crippen molar-refractivity contribution in [3.8, 4) is 11.8 Å². The number of nitrogens with zero attached hydrogens (tertiary/aromatic N) is 5. The zero-order valence-corrected chi connectivity index (χ0v) is 14.5. The van der Waals surface area contributed by atoms with Crippen molar-refractivity contribution >= 4 is 5.91 Å². The van der Waals surface area contributed by atoms with Crippen molar-refractivity contribution in [3.63, 3.8) is 0 Å². The van der Waals surface area contributed by atoms with Crippen molar-refractivity contribution in [2.24, 2.45) is 0 Å². The number of ether oxygens (including phenoxy) is 1. The van der Waals surface area contributed by atoms with E-state index in [1.807, 2.05) is 18.3 Å². The Hall–Kier alpha value is -2.92. The smallest absolute Gasteiger partial charge is 0.222 e. The van der Waals surface area contributed by atoms with E-state index in [9.17, 15) is 4.79 Å². The second kappa shape index (κ2) is 8.97. The van der Waals surface area contributed by atoms with E-state index in [0.29, 0.717) is 31.8 Å². The Morgan fingerprint density at radius 3 is 3.19 bits per heavy atom. The number of carbonyl (C=O) groups excluding carboxylic acids is 1. The van der Waals surface area contributed by atoms with Gasteiger partial charge in [0.1, 0.15) is 11.9 Å². The third-order valence-corrected chi connectivity index (χ3v) is 4.29. The van der Waals surface area contributed by atoms with E-state index >= 15 is 0 Å². The fraction of sp³-hybridized carbons (Fsp3) is 0.444. The third-order valence-electron chi connectivity index (χ3n) is 4.29. The molecule has 8 nitrogen and oxygen atoms in total. The first kappa shape index (κ1) is 17.9. The third kappa shape index (κ3) is 5.04. The molecule has 26 heavy (non-hydrogen) atoms. The summed E-state index contributed by atoms with van der Waals surface area (Å²) >= 11 is 0. The largest absolute Gasteiger partial charge is 0.487 e. The monoisotopic (exact) mass is 354 g/mol. The van der Waals surface area contributed by atoms with Gasteiger partial charge in [-0.25, -0.2) is 0 Å². The minimum Gasteiger partial charge on any atom is -0.487 e. The Balaban J connectivity index is 1.49. The van der Waals surface area contributed by atoms with E-state index in [4.69, 9.17) is 10.00 Å². The summed E-state index contributed by atoms with van der Waals surface area (Å²) in [7, 11) is 0. The van der Waals surface area contributed by atoms with Gasteiger partial charge in [0.2, 0.25) is 5.91 Å². The Kier molecular flexibility index (Phi) is 6.17. The van der Waals surface area contributed by atoms with E-state index in [1.54, 1.807) is 23.3 Å². The first-order valence-corrected chi connectivity index (χ1v) is 8.67. The van der Waals surface area contributed by atoms with Crippen LogP contribution in [0.3, 0.4) is 0 Å². The summed E-state index contributed by atoms with van der Waals surface area (Å²) in [6.07, 6.45) is 8.19. The fourth-order valence-electron chi connectivity index (χ4n) is 2.91. The van der Waals surface area contributed by atoms with Crippen molar-refractivity contribution in [1.82, 2.24) is 25.0 Å². The number of hydrogen-bond acceptors (Lipinski definition) is 6. The molecule has 0 saturated carbocycles. The molecule has 0 aromatic carbocycles. The second-order valence-corrected chi connectivity index (χ2v) is 6.20. The molecule has 2 aromatic heterocycles. The number of rotatable bonds is 8. The number of carbonyl (C=O) groups is 1. The number of likely N-dealkylation sites (tertiary alicyclic amines) is 1. The number of aromatic nitrogens is 3. The molecular formula is C18H22N6O2. The number of amides is 1. The van der Waals surface area contributed by atoms with Crippen LogP contribution in [0.5, 0.6) is 5.75 Å². The molecule has 0 spiro atoms. The van der Waals surface area contributed by atoms with Crippen LogP contribution in [-0.2, 0) is 17.9 Å². The van der Waals surface area contributed by atoms with Crippen molar-refractivity contribution in [1.29, 1.82) is 5.26 Å². The summed E-state index contributed by atoms with van der Waals surface area (Å²) in [5, 5.41) is 15.8. The highest BCUT2D eigenvalue weighted by Crippen LogP contribution is 2.21. The zero-order chi connectivity index (χ0) is 18.2. The molecule has 136 valence electrons. The molecular weight excluding hydrogens is 332 g/mol. The molecule has 0 unspecified atom stereocenters. The van der Waals surface area contributed by atoms with Gasteiger partial charge in [0.05, 0.1) is 18.8 Å². The number of hydrogen-bond donors (Lipinski definition) is 1. The van der Waals surface area contributed by atoms with E-state index in [2.05, 4.69) is 26.4 Å². The van der Waals surface area contributed by atoms with E-state index in [1.165, 1.54) is 0 Å². The van der Waals surface area contributed by atoms with Gasteiger partial charge in [0.15, 0.2) is 0 Å². The Morgan fingerprint density at radius 1 is 1.46 bits per heavy atom. The van der Waals surface area contributed by atoms with Crippen LogP contribution in [0.1, 0.15) is 18.4 Å². The van der Waals surface area contributed by atoms with Gasteiger partial charge in [-0.1, -0.05) is 0 Å². The summed E-state index contributed by atoms with van der Waals surface area (Å²) in [5.74, 6) is 0.646. The topological polar surface area (TPSA) is 96.1 Å². The Labute approximate surface area is 152 Å². The SMILES string of the molecule is N#CCN1CC[C@H](Oc2cnccc2CNC(=O)CCn2cccn2)C1. The minimum atomic E-state index is -0.0377. The lowest BCUT2D eigenvalue weighted by molar-refractivity contribution is -0.121. The van der Waals surface area contributed by atoms with Crippen LogP contribution < -0.4 is 10.1 Å². The van der Waals surface area contributed by atoms with E-state index in [-0.39, 0.29) is 12.0 Å². The number of aryl methyl sites for hydroxylation is 1. The second-order valence-electron chi connectivity index (χ2n) is 6.20. The molecule has 1 aliphatic heterocycles. The normalized spacial score (nSPS) is 17.0. The molecule has 1 atom stereocenters. The number of nitriles is 1. The minimum absolute atomic E-state index is 0.0377. The molecule has 1 amide bonds. The molecule has 1 aliphatic rings. The molecule has 2 aromatic rings. The Bertz CT molecular complexity index is 755. The quantitative estimate of drug-likeness (QED) is 0.710. The van der Waals surface area contributed by atoms with Crippen LogP contribution >= 0.6 is 0 Å². The van der Waals surface area contributed by atoms with Gasteiger partial charge in [-0.15, -0.1) is 0 Å². The van der Waals surface area contributed by atoms with Gasteiger partial charge in [-0.3, -0.25) is 19.4 Å². The van der Waals surface area contributed by atoms with Gasteiger partial charge in [0.25, 0.3) is 0 Å². The van der Waals surface area contributed by atoms with Crippen molar-refractivity contribution < 1.29 is 9.53 Å². The van der Waals surface area contributed by atoms with Crippen molar-refractivity contribution in [2.75, 3.05) is 19.6 Å². The molecule has 0 aliphatic carbocycles. The average molecular weight is 354 g/mol. The summed E-state index contributed by atoms with van der Waals surface area (Å²) in [6.45, 7) is 2.96. The van der Waals surface area contributed by atoms with Crippen LogP contribution in [0.2, 0.25) is 0 Å².